The molecule has 0 fully saturated rings. The van der Waals surface area contributed by atoms with Gasteiger partial charge in [0.2, 0.25) is 12.9 Å². The highest BCUT2D eigenvalue weighted by Gasteiger charge is 2.30. The van der Waals surface area contributed by atoms with E-state index in [2.05, 4.69) is 4.99 Å². The maximum Gasteiger partial charge on any atom is 0.270 e. The van der Waals surface area contributed by atoms with Gasteiger partial charge in [-0.2, -0.15) is 0 Å². The number of benzene rings is 1. The molecule has 0 N–H and O–H groups in total. The molecule has 4 nitrogen and oxygen atoms in total. The minimum absolute atomic E-state index is 0.00443. The molecule has 1 aliphatic heterocycles. The zero-order valence-corrected chi connectivity index (χ0v) is 9.00. The Balaban J connectivity index is 2.50. The highest BCUT2D eigenvalue weighted by atomic mass is 19.3. The standard InChI is InChI=1S/C11H9F2NO3/c1-11(12,13)8-3-10-9(16-6-17-10)2-7(8)4-14-5-15/h2-3H,4,6H2,1H3. The van der Waals surface area contributed by atoms with Crippen LogP contribution in [0.3, 0.4) is 0 Å². The summed E-state index contributed by atoms with van der Waals surface area (Å²) in [6, 6.07) is 2.63. The molecule has 0 saturated heterocycles. The van der Waals surface area contributed by atoms with Crippen molar-refractivity contribution in [2.45, 2.75) is 19.4 Å². The second kappa shape index (κ2) is 4.14. The molecule has 90 valence electrons. The van der Waals surface area contributed by atoms with Gasteiger partial charge in [-0.15, -0.1) is 0 Å². The molecule has 0 aliphatic carbocycles. The Hall–Kier alpha value is -1.94. The van der Waals surface area contributed by atoms with Crippen molar-refractivity contribution in [3.05, 3.63) is 23.3 Å². The summed E-state index contributed by atoms with van der Waals surface area (Å²) in [5, 5.41) is 0. The minimum Gasteiger partial charge on any atom is -0.454 e. The van der Waals surface area contributed by atoms with Crippen molar-refractivity contribution in [3.8, 4) is 11.5 Å². The topological polar surface area (TPSA) is 47.9 Å². The van der Waals surface area contributed by atoms with Crippen molar-refractivity contribution in [1.82, 2.24) is 0 Å². The van der Waals surface area contributed by atoms with Crippen molar-refractivity contribution in [3.63, 3.8) is 0 Å². The largest absolute Gasteiger partial charge is 0.454 e. The van der Waals surface area contributed by atoms with E-state index >= 15 is 0 Å². The molecule has 0 bridgehead atoms. The fourth-order valence-corrected chi connectivity index (χ4v) is 1.64. The van der Waals surface area contributed by atoms with E-state index in [0.717, 1.165) is 6.92 Å². The van der Waals surface area contributed by atoms with Crippen LogP contribution in [0.15, 0.2) is 17.1 Å². The van der Waals surface area contributed by atoms with E-state index in [1.807, 2.05) is 0 Å². The number of alkyl halides is 2. The van der Waals surface area contributed by atoms with Crippen molar-refractivity contribution in [2.24, 2.45) is 4.99 Å². The molecule has 2 rings (SSSR count). The van der Waals surface area contributed by atoms with Gasteiger partial charge in [0, 0.05) is 12.5 Å². The summed E-state index contributed by atoms with van der Waals surface area (Å²) in [4.78, 5) is 13.3. The third-order valence-corrected chi connectivity index (χ3v) is 2.39. The van der Waals surface area contributed by atoms with Crippen LogP contribution in [0.4, 0.5) is 8.78 Å². The van der Waals surface area contributed by atoms with E-state index in [9.17, 15) is 13.6 Å². The lowest BCUT2D eigenvalue weighted by Crippen LogP contribution is -2.10. The lowest BCUT2D eigenvalue weighted by Gasteiger charge is -2.15. The number of rotatable bonds is 3. The van der Waals surface area contributed by atoms with Crippen molar-refractivity contribution in [2.75, 3.05) is 6.79 Å². The second-order valence-electron chi connectivity index (χ2n) is 3.66. The molecule has 0 amide bonds. The molecule has 0 radical (unpaired) electrons. The molecular formula is C11H9F2NO3. The van der Waals surface area contributed by atoms with E-state index in [1.54, 1.807) is 0 Å². The smallest absolute Gasteiger partial charge is 0.270 e. The minimum atomic E-state index is -3.03. The average molecular weight is 241 g/mol. The van der Waals surface area contributed by atoms with Gasteiger partial charge in [0.1, 0.15) is 0 Å². The Morgan fingerprint density at radius 2 is 2.06 bits per heavy atom. The number of isocyanates is 1. The number of fused-ring (bicyclic) bond motifs is 1. The fraction of sp³-hybridized carbons (Fsp3) is 0.364. The third-order valence-electron chi connectivity index (χ3n) is 2.39. The van der Waals surface area contributed by atoms with Gasteiger partial charge in [-0.25, -0.2) is 18.6 Å². The number of hydrogen-bond donors (Lipinski definition) is 0. The number of carbonyl (C=O) groups excluding carboxylic acids is 1. The first-order chi connectivity index (χ1) is 8.02. The van der Waals surface area contributed by atoms with Crippen LogP contribution in [0.5, 0.6) is 11.5 Å². The zero-order chi connectivity index (χ0) is 12.5. The van der Waals surface area contributed by atoms with E-state index < -0.39 is 5.92 Å². The van der Waals surface area contributed by atoms with Gasteiger partial charge in [-0.05, 0) is 17.7 Å². The van der Waals surface area contributed by atoms with Crippen LogP contribution in [0.25, 0.3) is 0 Å². The van der Waals surface area contributed by atoms with Crippen molar-refractivity contribution in [1.29, 1.82) is 0 Å². The summed E-state index contributed by atoms with van der Waals surface area (Å²) in [7, 11) is 0. The molecule has 0 spiro atoms. The molecule has 1 aromatic rings. The first-order valence-electron chi connectivity index (χ1n) is 4.87. The maximum atomic E-state index is 13.4. The molecule has 1 heterocycles. The van der Waals surface area contributed by atoms with Crippen molar-refractivity contribution >= 4 is 6.08 Å². The SMILES string of the molecule is CC(F)(F)c1cc2c(cc1CN=C=O)OCO2. The van der Waals surface area contributed by atoms with E-state index in [-0.39, 0.29) is 30.2 Å². The zero-order valence-electron chi connectivity index (χ0n) is 9.00. The van der Waals surface area contributed by atoms with Crippen LogP contribution < -0.4 is 9.47 Å². The van der Waals surface area contributed by atoms with Crippen LogP contribution in [0, 0.1) is 0 Å². The third kappa shape index (κ3) is 2.26. The summed E-state index contributed by atoms with van der Waals surface area (Å²) in [6.07, 6.45) is 1.32. The molecule has 0 unspecified atom stereocenters. The number of aliphatic imine (C=N–C) groups is 1. The highest BCUT2D eigenvalue weighted by molar-refractivity contribution is 5.50. The van der Waals surface area contributed by atoms with Gasteiger partial charge in [0.15, 0.2) is 11.5 Å². The fourth-order valence-electron chi connectivity index (χ4n) is 1.64. The Kier molecular flexibility index (Phi) is 2.81. The van der Waals surface area contributed by atoms with Gasteiger partial charge in [0.05, 0.1) is 6.54 Å². The molecule has 0 saturated carbocycles. The Labute approximate surface area is 95.9 Å². The van der Waals surface area contributed by atoms with Crippen LogP contribution >= 0.6 is 0 Å². The predicted molar refractivity (Wildman–Crippen MR) is 54.0 cm³/mol. The number of halogens is 2. The van der Waals surface area contributed by atoms with Crippen LogP contribution in [0.1, 0.15) is 18.1 Å². The van der Waals surface area contributed by atoms with Gasteiger partial charge in [-0.3, -0.25) is 0 Å². The van der Waals surface area contributed by atoms with Gasteiger partial charge >= 0.3 is 0 Å². The second-order valence-corrected chi connectivity index (χ2v) is 3.66. The lowest BCUT2D eigenvalue weighted by atomic mass is 10.0. The predicted octanol–water partition coefficient (Wildman–Crippen LogP) is 2.36. The first kappa shape index (κ1) is 11.5. The normalized spacial score (nSPS) is 13.4. The van der Waals surface area contributed by atoms with Crippen molar-refractivity contribution < 1.29 is 23.0 Å². The molecule has 1 aliphatic rings. The number of ether oxygens (including phenoxy) is 2. The highest BCUT2D eigenvalue weighted by Crippen LogP contribution is 2.40. The summed E-state index contributed by atoms with van der Waals surface area (Å²) in [5.74, 6) is -2.37. The molecular weight excluding hydrogens is 232 g/mol. The van der Waals surface area contributed by atoms with E-state index in [0.29, 0.717) is 5.75 Å². The first-order valence-corrected chi connectivity index (χ1v) is 4.87. The van der Waals surface area contributed by atoms with Gasteiger partial charge in [0.25, 0.3) is 5.92 Å². The Morgan fingerprint density at radius 1 is 1.41 bits per heavy atom. The van der Waals surface area contributed by atoms with Crippen LogP contribution in [0.2, 0.25) is 0 Å². The van der Waals surface area contributed by atoms with Gasteiger partial charge in [-0.1, -0.05) is 0 Å². The summed E-state index contributed by atoms with van der Waals surface area (Å²) in [6.45, 7) is 0.627. The summed E-state index contributed by atoms with van der Waals surface area (Å²) >= 11 is 0. The lowest BCUT2D eigenvalue weighted by molar-refractivity contribution is 0.0164. The van der Waals surface area contributed by atoms with Crippen LogP contribution in [-0.4, -0.2) is 12.9 Å². The molecule has 0 aromatic heterocycles. The van der Waals surface area contributed by atoms with E-state index in [4.69, 9.17) is 9.47 Å². The monoisotopic (exact) mass is 241 g/mol. The molecule has 6 heteroatoms. The summed E-state index contributed by atoms with van der Waals surface area (Å²) < 4.78 is 36.9. The Morgan fingerprint density at radius 3 is 2.65 bits per heavy atom. The van der Waals surface area contributed by atoms with Crippen LogP contribution in [-0.2, 0) is 17.3 Å². The number of nitrogens with zero attached hydrogens (tertiary/aromatic N) is 1. The van der Waals surface area contributed by atoms with E-state index in [1.165, 1.54) is 18.2 Å². The van der Waals surface area contributed by atoms with Gasteiger partial charge < -0.3 is 9.47 Å². The quantitative estimate of drug-likeness (QED) is 0.603. The molecule has 1 aromatic carbocycles. The molecule has 17 heavy (non-hydrogen) atoms. The summed E-state index contributed by atoms with van der Waals surface area (Å²) in [5.41, 5.74) is 0.00542. The molecule has 0 atom stereocenters. The number of hydrogen-bond acceptors (Lipinski definition) is 4. The average Bonchev–Trinajstić information content (AvgIpc) is 2.70. The maximum absolute atomic E-state index is 13.4. The Bertz CT molecular complexity index is 490.